The molecular weight excluding hydrogens is 352 g/mol. The van der Waals surface area contributed by atoms with E-state index >= 15 is 0 Å². The van der Waals surface area contributed by atoms with E-state index in [1.165, 1.54) is 14.2 Å². The van der Waals surface area contributed by atoms with E-state index in [-0.39, 0.29) is 0 Å². The topological polar surface area (TPSA) is 75.6 Å². The molecule has 7 nitrogen and oxygen atoms in total. The van der Waals surface area contributed by atoms with E-state index in [1.807, 2.05) is 6.07 Å². The smallest absolute Gasteiger partial charge is 0.203 e. The zero-order valence-electron chi connectivity index (χ0n) is 16.0. The summed E-state index contributed by atoms with van der Waals surface area (Å²) in [6, 6.07) is 8.92. The second-order valence-electron chi connectivity index (χ2n) is 6.02. The predicted octanol–water partition coefficient (Wildman–Crippen LogP) is 2.90. The van der Waals surface area contributed by atoms with Gasteiger partial charge in [0.1, 0.15) is 12.2 Å². The van der Waals surface area contributed by atoms with Crippen LogP contribution in [0.4, 0.5) is 0 Å². The van der Waals surface area contributed by atoms with Crippen LogP contribution >= 0.6 is 0 Å². The van der Waals surface area contributed by atoms with Gasteiger partial charge in [-0.3, -0.25) is 0 Å². The molecule has 0 amide bonds. The SMILES string of the molecule is COc1ccc([C@H]2Oc3c(ccc(OC)c3OC)[C@H](O)[C@H]2OC)cc1OC. The highest BCUT2D eigenvalue weighted by Gasteiger charge is 2.41. The van der Waals surface area contributed by atoms with Crippen molar-refractivity contribution in [1.82, 2.24) is 0 Å². The van der Waals surface area contributed by atoms with Crippen molar-refractivity contribution in [2.45, 2.75) is 18.3 Å². The fourth-order valence-corrected chi connectivity index (χ4v) is 3.34. The van der Waals surface area contributed by atoms with Crippen LogP contribution in [0.3, 0.4) is 0 Å². The first-order valence-corrected chi connectivity index (χ1v) is 8.43. The van der Waals surface area contributed by atoms with E-state index in [0.717, 1.165) is 5.56 Å². The summed E-state index contributed by atoms with van der Waals surface area (Å²) in [4.78, 5) is 0. The van der Waals surface area contributed by atoms with Crippen molar-refractivity contribution in [3.63, 3.8) is 0 Å². The summed E-state index contributed by atoms with van der Waals surface area (Å²) < 4.78 is 33.3. The number of ether oxygens (including phenoxy) is 6. The molecule has 1 aliphatic heterocycles. The van der Waals surface area contributed by atoms with Crippen molar-refractivity contribution >= 4 is 0 Å². The van der Waals surface area contributed by atoms with Crippen LogP contribution in [-0.4, -0.2) is 46.8 Å². The van der Waals surface area contributed by atoms with Gasteiger partial charge in [-0.25, -0.2) is 0 Å². The van der Waals surface area contributed by atoms with Gasteiger partial charge in [0.05, 0.1) is 28.4 Å². The van der Waals surface area contributed by atoms with Gasteiger partial charge in [0.2, 0.25) is 5.75 Å². The third-order valence-electron chi connectivity index (χ3n) is 4.71. The molecule has 0 aliphatic carbocycles. The summed E-state index contributed by atoms with van der Waals surface area (Å²) in [5.74, 6) is 2.54. The fourth-order valence-electron chi connectivity index (χ4n) is 3.34. The third kappa shape index (κ3) is 3.24. The van der Waals surface area contributed by atoms with E-state index < -0.39 is 18.3 Å². The Morgan fingerprint density at radius 3 is 2.07 bits per heavy atom. The van der Waals surface area contributed by atoms with Crippen LogP contribution in [-0.2, 0) is 4.74 Å². The van der Waals surface area contributed by atoms with Crippen molar-refractivity contribution in [3.8, 4) is 28.7 Å². The van der Waals surface area contributed by atoms with Crippen LogP contribution in [0.2, 0.25) is 0 Å². The molecule has 1 heterocycles. The molecule has 3 atom stereocenters. The lowest BCUT2D eigenvalue weighted by molar-refractivity contribution is -0.0923. The molecule has 3 rings (SSSR count). The predicted molar refractivity (Wildman–Crippen MR) is 98.2 cm³/mol. The quantitative estimate of drug-likeness (QED) is 0.831. The Bertz CT molecular complexity index is 805. The summed E-state index contributed by atoms with van der Waals surface area (Å²) in [5.41, 5.74) is 1.35. The molecule has 146 valence electrons. The van der Waals surface area contributed by atoms with Gasteiger partial charge in [-0.05, 0) is 29.8 Å². The minimum Gasteiger partial charge on any atom is -0.493 e. The lowest BCUT2D eigenvalue weighted by atomic mass is 9.91. The molecule has 0 saturated carbocycles. The minimum absolute atomic E-state index is 0.425. The average Bonchev–Trinajstić information content (AvgIpc) is 2.71. The van der Waals surface area contributed by atoms with E-state index in [0.29, 0.717) is 34.3 Å². The molecule has 0 unspecified atom stereocenters. The largest absolute Gasteiger partial charge is 0.493 e. The lowest BCUT2D eigenvalue weighted by Crippen LogP contribution is -2.36. The van der Waals surface area contributed by atoms with Crippen LogP contribution in [0.15, 0.2) is 30.3 Å². The van der Waals surface area contributed by atoms with Gasteiger partial charge in [0, 0.05) is 12.7 Å². The molecule has 2 aromatic rings. The number of hydrogen-bond acceptors (Lipinski definition) is 7. The van der Waals surface area contributed by atoms with Crippen molar-refractivity contribution in [3.05, 3.63) is 41.5 Å². The summed E-state index contributed by atoms with van der Waals surface area (Å²) in [7, 11) is 7.75. The van der Waals surface area contributed by atoms with Crippen LogP contribution in [0.1, 0.15) is 23.3 Å². The Kier molecular flexibility index (Phi) is 5.62. The van der Waals surface area contributed by atoms with E-state index in [9.17, 15) is 5.11 Å². The number of methoxy groups -OCH3 is 5. The van der Waals surface area contributed by atoms with Gasteiger partial charge in [-0.2, -0.15) is 0 Å². The van der Waals surface area contributed by atoms with E-state index in [2.05, 4.69) is 0 Å². The number of aliphatic hydroxyl groups is 1. The zero-order chi connectivity index (χ0) is 19.6. The van der Waals surface area contributed by atoms with Gasteiger partial charge in [-0.15, -0.1) is 0 Å². The number of benzene rings is 2. The van der Waals surface area contributed by atoms with E-state index in [1.54, 1.807) is 45.6 Å². The van der Waals surface area contributed by atoms with Crippen molar-refractivity contribution in [1.29, 1.82) is 0 Å². The summed E-state index contributed by atoms with van der Waals surface area (Å²) in [5, 5.41) is 10.9. The molecule has 0 spiro atoms. The summed E-state index contributed by atoms with van der Waals surface area (Å²) in [6.45, 7) is 0. The van der Waals surface area contributed by atoms with Gasteiger partial charge in [0.25, 0.3) is 0 Å². The molecule has 1 aliphatic rings. The molecule has 27 heavy (non-hydrogen) atoms. The highest BCUT2D eigenvalue weighted by molar-refractivity contribution is 5.58. The normalized spacial score (nSPS) is 21.0. The van der Waals surface area contributed by atoms with Crippen LogP contribution in [0.5, 0.6) is 28.7 Å². The lowest BCUT2D eigenvalue weighted by Gasteiger charge is -2.37. The maximum Gasteiger partial charge on any atom is 0.203 e. The van der Waals surface area contributed by atoms with Gasteiger partial charge in [-0.1, -0.05) is 6.07 Å². The first kappa shape index (κ1) is 19.1. The van der Waals surface area contributed by atoms with Gasteiger partial charge < -0.3 is 33.5 Å². The first-order valence-electron chi connectivity index (χ1n) is 8.43. The Morgan fingerprint density at radius 1 is 0.815 bits per heavy atom. The maximum absolute atomic E-state index is 10.9. The molecule has 1 N–H and O–H groups in total. The number of aliphatic hydroxyl groups excluding tert-OH is 1. The summed E-state index contributed by atoms with van der Waals surface area (Å²) >= 11 is 0. The first-order chi connectivity index (χ1) is 13.1. The Balaban J connectivity index is 2.10. The molecule has 2 aromatic carbocycles. The van der Waals surface area contributed by atoms with Crippen LogP contribution < -0.4 is 23.7 Å². The molecule has 0 saturated heterocycles. The third-order valence-corrected chi connectivity index (χ3v) is 4.71. The fraction of sp³-hybridized carbons (Fsp3) is 0.400. The monoisotopic (exact) mass is 376 g/mol. The van der Waals surface area contributed by atoms with Crippen LogP contribution in [0, 0.1) is 0 Å². The second kappa shape index (κ2) is 7.94. The average molecular weight is 376 g/mol. The highest BCUT2D eigenvalue weighted by Crippen LogP contribution is 2.50. The Labute approximate surface area is 158 Å². The van der Waals surface area contributed by atoms with Gasteiger partial charge in [0.15, 0.2) is 29.1 Å². The Hall–Kier alpha value is -2.64. The van der Waals surface area contributed by atoms with Crippen molar-refractivity contribution in [2.24, 2.45) is 0 Å². The molecule has 0 radical (unpaired) electrons. The van der Waals surface area contributed by atoms with Crippen molar-refractivity contribution in [2.75, 3.05) is 35.5 Å². The molecule has 0 fully saturated rings. The second-order valence-corrected chi connectivity index (χ2v) is 6.02. The minimum atomic E-state index is -0.906. The van der Waals surface area contributed by atoms with Crippen LogP contribution in [0.25, 0.3) is 0 Å². The number of fused-ring (bicyclic) bond motifs is 1. The van der Waals surface area contributed by atoms with Gasteiger partial charge >= 0.3 is 0 Å². The highest BCUT2D eigenvalue weighted by atomic mass is 16.6. The number of hydrogen-bond donors (Lipinski definition) is 1. The zero-order valence-corrected chi connectivity index (χ0v) is 16.0. The number of rotatable bonds is 6. The standard InChI is InChI=1S/C20H24O7/c1-22-13-8-6-11(10-15(13)24-3)17-20(26-5)16(21)12-7-9-14(23-2)19(25-4)18(12)27-17/h6-10,16-17,20-21H,1-5H3/t16-,17+,20+/m0/s1. The molecule has 0 bridgehead atoms. The molecular formula is C20H24O7. The molecule has 7 heteroatoms. The molecule has 0 aromatic heterocycles. The van der Waals surface area contributed by atoms with E-state index in [4.69, 9.17) is 28.4 Å². The maximum atomic E-state index is 10.9. The van der Waals surface area contributed by atoms with Crippen molar-refractivity contribution < 1.29 is 33.5 Å². The Morgan fingerprint density at radius 2 is 1.48 bits per heavy atom. The summed E-state index contributed by atoms with van der Waals surface area (Å²) in [6.07, 6.45) is -2.11.